The molecule has 118 valence electrons. The minimum absolute atomic E-state index is 0.200. The summed E-state index contributed by atoms with van der Waals surface area (Å²) in [5.41, 5.74) is 7.20. The van der Waals surface area contributed by atoms with Crippen molar-refractivity contribution in [2.24, 2.45) is 0 Å². The van der Waals surface area contributed by atoms with Crippen molar-refractivity contribution in [3.05, 3.63) is 24.4 Å². The fraction of sp³-hybridized carbons (Fsp3) is 0.375. The normalized spacial score (nSPS) is 10.6. The number of pyridine rings is 1. The lowest BCUT2D eigenvalue weighted by Gasteiger charge is -2.11. The third kappa shape index (κ3) is 4.00. The van der Waals surface area contributed by atoms with Gasteiger partial charge in [0, 0.05) is 24.1 Å². The van der Waals surface area contributed by atoms with Crippen LogP contribution in [0.3, 0.4) is 0 Å². The average molecular weight is 304 g/mol. The molecule has 0 amide bonds. The number of hydrogen-bond acceptors (Lipinski definition) is 5. The smallest absolute Gasteiger partial charge is 0.303 e. The molecule has 2 aromatic rings. The second-order valence-corrected chi connectivity index (χ2v) is 4.97. The summed E-state index contributed by atoms with van der Waals surface area (Å²) in [5.74, 6) is 0.599. The van der Waals surface area contributed by atoms with Crippen molar-refractivity contribution in [3.8, 4) is 11.5 Å². The minimum atomic E-state index is -0.761. The number of aromatic nitrogens is 1. The second-order valence-electron chi connectivity index (χ2n) is 4.97. The average Bonchev–Trinajstić information content (AvgIpc) is 2.50. The van der Waals surface area contributed by atoms with Crippen molar-refractivity contribution in [1.29, 1.82) is 0 Å². The summed E-state index contributed by atoms with van der Waals surface area (Å²) in [5, 5.41) is 9.39. The second kappa shape index (κ2) is 7.49. The molecule has 0 aliphatic heterocycles. The van der Waals surface area contributed by atoms with Gasteiger partial charge >= 0.3 is 5.97 Å². The molecule has 0 radical (unpaired) electrons. The summed E-state index contributed by atoms with van der Waals surface area (Å²) in [7, 11) is 1.58. The Hall–Kier alpha value is -2.50. The number of carbonyl (C=O) groups is 1. The summed E-state index contributed by atoms with van der Waals surface area (Å²) >= 11 is 0. The molecule has 2 rings (SSSR count). The SMILES string of the molecule is COc1cc(N)c2nccc(OCCCCCC(=O)O)c2c1. The van der Waals surface area contributed by atoms with E-state index in [0.29, 0.717) is 35.7 Å². The molecule has 22 heavy (non-hydrogen) atoms. The summed E-state index contributed by atoms with van der Waals surface area (Å²) in [6, 6.07) is 5.36. The van der Waals surface area contributed by atoms with Gasteiger partial charge in [0.15, 0.2) is 0 Å². The molecule has 0 atom stereocenters. The lowest BCUT2D eigenvalue weighted by molar-refractivity contribution is -0.137. The van der Waals surface area contributed by atoms with Crippen molar-refractivity contribution < 1.29 is 19.4 Å². The van der Waals surface area contributed by atoms with Gasteiger partial charge in [-0.2, -0.15) is 0 Å². The number of benzene rings is 1. The van der Waals surface area contributed by atoms with Crippen LogP contribution in [0.15, 0.2) is 24.4 Å². The maximum absolute atomic E-state index is 10.4. The highest BCUT2D eigenvalue weighted by atomic mass is 16.5. The molecule has 6 heteroatoms. The standard InChI is InChI=1S/C16H20N2O4/c1-21-11-9-12-14(6-7-18-16(12)13(17)10-11)22-8-4-2-3-5-15(19)20/h6-7,9-10H,2-5,8,17H2,1H3,(H,19,20). The largest absolute Gasteiger partial charge is 0.497 e. The van der Waals surface area contributed by atoms with Gasteiger partial charge in [0.25, 0.3) is 0 Å². The molecular formula is C16H20N2O4. The molecule has 0 saturated carbocycles. The first-order chi connectivity index (χ1) is 10.6. The van der Waals surface area contributed by atoms with Gasteiger partial charge in [-0.3, -0.25) is 9.78 Å². The Bertz CT molecular complexity index is 658. The van der Waals surface area contributed by atoms with Gasteiger partial charge < -0.3 is 20.3 Å². The molecule has 1 aromatic heterocycles. The number of anilines is 1. The topological polar surface area (TPSA) is 94.7 Å². The van der Waals surface area contributed by atoms with Crippen LogP contribution in [0, 0.1) is 0 Å². The van der Waals surface area contributed by atoms with E-state index in [4.69, 9.17) is 20.3 Å². The molecule has 0 fully saturated rings. The van der Waals surface area contributed by atoms with E-state index in [0.717, 1.165) is 18.2 Å². The zero-order chi connectivity index (χ0) is 15.9. The van der Waals surface area contributed by atoms with Crippen LogP contribution in [0.4, 0.5) is 5.69 Å². The third-order valence-corrected chi connectivity index (χ3v) is 3.34. The zero-order valence-electron chi connectivity index (χ0n) is 12.5. The maximum Gasteiger partial charge on any atom is 0.303 e. The number of nitrogen functional groups attached to an aromatic ring is 1. The monoisotopic (exact) mass is 304 g/mol. The number of ether oxygens (including phenoxy) is 2. The fourth-order valence-electron chi connectivity index (χ4n) is 2.21. The van der Waals surface area contributed by atoms with E-state index >= 15 is 0 Å². The van der Waals surface area contributed by atoms with Crippen LogP contribution in [0.25, 0.3) is 10.9 Å². The lowest BCUT2D eigenvalue weighted by atomic mass is 10.1. The molecule has 1 aromatic carbocycles. The van der Waals surface area contributed by atoms with E-state index in [1.54, 1.807) is 25.4 Å². The van der Waals surface area contributed by atoms with E-state index in [1.807, 2.05) is 6.07 Å². The van der Waals surface area contributed by atoms with Crippen LogP contribution in [-0.4, -0.2) is 29.8 Å². The highest BCUT2D eigenvalue weighted by Crippen LogP contribution is 2.32. The van der Waals surface area contributed by atoms with Crippen molar-refractivity contribution in [2.45, 2.75) is 25.7 Å². The molecule has 0 bridgehead atoms. The first kappa shape index (κ1) is 15.9. The Morgan fingerprint density at radius 3 is 2.86 bits per heavy atom. The van der Waals surface area contributed by atoms with E-state index in [2.05, 4.69) is 4.98 Å². The van der Waals surface area contributed by atoms with Crippen molar-refractivity contribution in [2.75, 3.05) is 19.5 Å². The Morgan fingerprint density at radius 2 is 2.14 bits per heavy atom. The van der Waals surface area contributed by atoms with Gasteiger partial charge in [-0.1, -0.05) is 0 Å². The van der Waals surface area contributed by atoms with Crippen LogP contribution in [0.2, 0.25) is 0 Å². The number of fused-ring (bicyclic) bond motifs is 1. The summed E-state index contributed by atoms with van der Waals surface area (Å²) < 4.78 is 11.0. The summed E-state index contributed by atoms with van der Waals surface area (Å²) in [6.07, 6.45) is 4.14. The zero-order valence-corrected chi connectivity index (χ0v) is 12.5. The third-order valence-electron chi connectivity index (χ3n) is 3.34. The number of carboxylic acids is 1. The molecule has 1 heterocycles. The molecule has 3 N–H and O–H groups in total. The van der Waals surface area contributed by atoms with Crippen LogP contribution in [0.1, 0.15) is 25.7 Å². The molecule has 6 nitrogen and oxygen atoms in total. The highest BCUT2D eigenvalue weighted by molar-refractivity contribution is 5.94. The number of carboxylic acid groups (broad SMARTS) is 1. The molecule has 0 unspecified atom stereocenters. The van der Waals surface area contributed by atoms with Crippen LogP contribution in [-0.2, 0) is 4.79 Å². The Kier molecular flexibility index (Phi) is 5.41. The molecule has 0 saturated heterocycles. The van der Waals surface area contributed by atoms with E-state index in [-0.39, 0.29) is 6.42 Å². The number of nitrogens with zero attached hydrogens (tertiary/aromatic N) is 1. The first-order valence-electron chi connectivity index (χ1n) is 7.18. The van der Waals surface area contributed by atoms with Crippen molar-refractivity contribution in [1.82, 2.24) is 4.98 Å². The van der Waals surface area contributed by atoms with Gasteiger partial charge in [0.2, 0.25) is 0 Å². The Morgan fingerprint density at radius 1 is 1.32 bits per heavy atom. The van der Waals surface area contributed by atoms with E-state index < -0.39 is 5.97 Å². The maximum atomic E-state index is 10.4. The lowest BCUT2D eigenvalue weighted by Crippen LogP contribution is -2.01. The van der Waals surface area contributed by atoms with E-state index in [1.165, 1.54) is 0 Å². The highest BCUT2D eigenvalue weighted by Gasteiger charge is 2.08. The number of unbranched alkanes of at least 4 members (excludes halogenated alkanes) is 2. The fourth-order valence-corrected chi connectivity index (χ4v) is 2.21. The number of methoxy groups -OCH3 is 1. The first-order valence-corrected chi connectivity index (χ1v) is 7.18. The number of nitrogens with two attached hydrogens (primary N) is 1. The van der Waals surface area contributed by atoms with Gasteiger partial charge in [0.05, 0.1) is 24.9 Å². The predicted octanol–water partition coefficient (Wildman–Crippen LogP) is 2.85. The molecule has 0 aliphatic rings. The van der Waals surface area contributed by atoms with Gasteiger partial charge in [0.1, 0.15) is 11.5 Å². The number of aliphatic carboxylic acids is 1. The van der Waals surface area contributed by atoms with Gasteiger partial charge in [-0.15, -0.1) is 0 Å². The Labute approximate surface area is 128 Å². The number of rotatable bonds is 8. The quantitative estimate of drug-likeness (QED) is 0.575. The molecular weight excluding hydrogens is 284 g/mol. The van der Waals surface area contributed by atoms with Crippen LogP contribution >= 0.6 is 0 Å². The van der Waals surface area contributed by atoms with Gasteiger partial charge in [-0.25, -0.2) is 0 Å². The molecule has 0 aliphatic carbocycles. The van der Waals surface area contributed by atoms with Crippen LogP contribution < -0.4 is 15.2 Å². The Balaban J connectivity index is 2.02. The summed E-state index contributed by atoms with van der Waals surface area (Å²) in [4.78, 5) is 14.7. The van der Waals surface area contributed by atoms with Gasteiger partial charge in [-0.05, 0) is 31.4 Å². The number of hydrogen-bond donors (Lipinski definition) is 2. The summed E-state index contributed by atoms with van der Waals surface area (Å²) in [6.45, 7) is 0.524. The van der Waals surface area contributed by atoms with E-state index in [9.17, 15) is 4.79 Å². The molecule has 0 spiro atoms. The van der Waals surface area contributed by atoms with Crippen molar-refractivity contribution >= 4 is 22.6 Å². The van der Waals surface area contributed by atoms with Crippen molar-refractivity contribution in [3.63, 3.8) is 0 Å². The minimum Gasteiger partial charge on any atom is -0.497 e. The predicted molar refractivity (Wildman–Crippen MR) is 84.3 cm³/mol. The van der Waals surface area contributed by atoms with Crippen LogP contribution in [0.5, 0.6) is 11.5 Å².